The van der Waals surface area contributed by atoms with Crippen LogP contribution in [0.15, 0.2) is 46.0 Å². The minimum absolute atomic E-state index is 0.0847. The molecule has 0 aliphatic carbocycles. The van der Waals surface area contributed by atoms with E-state index in [9.17, 15) is 13.5 Å². The second-order valence-electron chi connectivity index (χ2n) is 4.53. The predicted octanol–water partition coefficient (Wildman–Crippen LogP) is 1.42. The topological polar surface area (TPSA) is 89.6 Å². The number of thiophene rings is 1. The van der Waals surface area contributed by atoms with Gasteiger partial charge in [-0.2, -0.15) is 0 Å². The first kappa shape index (κ1) is 16.0. The highest BCUT2D eigenvalue weighted by Crippen LogP contribution is 2.19. The highest BCUT2D eigenvalue weighted by Gasteiger charge is 2.21. The molecule has 1 heterocycles. The van der Waals surface area contributed by atoms with Crippen LogP contribution in [0, 0.1) is 0 Å². The molecule has 0 saturated heterocycles. The van der Waals surface area contributed by atoms with Crippen LogP contribution in [0.3, 0.4) is 0 Å². The maximum absolute atomic E-state index is 12.0. The largest absolute Gasteiger partial charge is 0.491 e. The molecule has 0 aliphatic rings. The number of benzene rings is 1. The number of ether oxygens (including phenoxy) is 1. The molecular weight excluding hydrogens is 310 g/mol. The van der Waals surface area contributed by atoms with E-state index >= 15 is 0 Å². The molecule has 1 aromatic carbocycles. The van der Waals surface area contributed by atoms with Gasteiger partial charge in [0.15, 0.2) is 9.84 Å². The van der Waals surface area contributed by atoms with E-state index in [4.69, 9.17) is 10.5 Å². The third kappa shape index (κ3) is 4.53. The zero-order chi connectivity index (χ0) is 15.3. The summed E-state index contributed by atoms with van der Waals surface area (Å²) in [5.41, 5.74) is 6.44. The van der Waals surface area contributed by atoms with E-state index in [0.29, 0.717) is 12.3 Å². The van der Waals surface area contributed by atoms with E-state index in [1.54, 1.807) is 29.6 Å². The lowest BCUT2D eigenvalue weighted by Crippen LogP contribution is -2.26. The van der Waals surface area contributed by atoms with Crippen molar-refractivity contribution >= 4 is 21.2 Å². The summed E-state index contributed by atoms with van der Waals surface area (Å²) in [5.74, 6) is 0.204. The summed E-state index contributed by atoms with van der Waals surface area (Å²) < 4.78 is 29.7. The standard InChI is InChI=1S/C14H17NO4S2/c15-8-11-3-1-4-13(7-11)19-9-12(16)10-21(17,18)14-5-2-6-20-14/h1-7,12,16H,8-10,15H2. The SMILES string of the molecule is NCc1cccc(OCC(O)CS(=O)(=O)c2cccs2)c1. The molecule has 2 rings (SSSR count). The van der Waals surface area contributed by atoms with Crippen molar-refractivity contribution in [3.63, 3.8) is 0 Å². The zero-order valence-corrected chi connectivity index (χ0v) is 12.9. The Morgan fingerprint density at radius 1 is 1.29 bits per heavy atom. The predicted molar refractivity (Wildman–Crippen MR) is 82.2 cm³/mol. The van der Waals surface area contributed by atoms with E-state index in [1.165, 1.54) is 6.07 Å². The van der Waals surface area contributed by atoms with Gasteiger partial charge >= 0.3 is 0 Å². The van der Waals surface area contributed by atoms with E-state index in [1.807, 2.05) is 6.07 Å². The van der Waals surface area contributed by atoms with E-state index < -0.39 is 15.9 Å². The third-order valence-corrected chi connectivity index (χ3v) is 6.07. The summed E-state index contributed by atoms with van der Waals surface area (Å²) in [6.45, 7) is 0.311. The Kier molecular flexibility index (Phi) is 5.35. The molecule has 2 aromatic rings. The molecule has 114 valence electrons. The van der Waals surface area contributed by atoms with Crippen LogP contribution in [0.1, 0.15) is 5.56 Å². The van der Waals surface area contributed by atoms with Crippen molar-refractivity contribution in [1.82, 2.24) is 0 Å². The van der Waals surface area contributed by atoms with Crippen LogP contribution in [0.2, 0.25) is 0 Å². The molecule has 1 unspecified atom stereocenters. The summed E-state index contributed by atoms with van der Waals surface area (Å²) in [7, 11) is -3.46. The lowest BCUT2D eigenvalue weighted by atomic mass is 10.2. The molecule has 0 aliphatic heterocycles. The van der Waals surface area contributed by atoms with E-state index in [0.717, 1.165) is 16.9 Å². The van der Waals surface area contributed by atoms with Gasteiger partial charge in [0.1, 0.15) is 22.7 Å². The smallest absolute Gasteiger partial charge is 0.190 e. The summed E-state index contributed by atoms with van der Waals surface area (Å²) in [4.78, 5) is 0. The number of hydrogen-bond acceptors (Lipinski definition) is 6. The van der Waals surface area contributed by atoms with Crippen molar-refractivity contribution in [2.45, 2.75) is 16.9 Å². The van der Waals surface area contributed by atoms with Crippen molar-refractivity contribution in [3.8, 4) is 5.75 Å². The molecule has 5 nitrogen and oxygen atoms in total. The van der Waals surface area contributed by atoms with Gasteiger partial charge in [0, 0.05) is 6.54 Å². The van der Waals surface area contributed by atoms with Gasteiger partial charge in [0.2, 0.25) is 0 Å². The quantitative estimate of drug-likeness (QED) is 0.803. The van der Waals surface area contributed by atoms with Gasteiger partial charge in [-0.1, -0.05) is 18.2 Å². The lowest BCUT2D eigenvalue weighted by Gasteiger charge is -2.12. The molecule has 0 amide bonds. The molecule has 0 radical (unpaired) electrons. The van der Waals surface area contributed by atoms with Crippen LogP contribution in [0.5, 0.6) is 5.75 Å². The Hall–Kier alpha value is -1.41. The summed E-state index contributed by atoms with van der Waals surface area (Å²) in [6, 6.07) is 10.4. The molecule has 0 fully saturated rings. The maximum Gasteiger partial charge on any atom is 0.190 e. The maximum atomic E-state index is 12.0. The Balaban J connectivity index is 1.91. The van der Waals surface area contributed by atoms with Crippen LogP contribution in [0.25, 0.3) is 0 Å². The molecule has 1 atom stereocenters. The van der Waals surface area contributed by atoms with Crippen LogP contribution in [-0.4, -0.2) is 32.0 Å². The third-order valence-electron chi connectivity index (χ3n) is 2.79. The molecule has 0 spiro atoms. The van der Waals surface area contributed by atoms with E-state index in [-0.39, 0.29) is 16.6 Å². The van der Waals surface area contributed by atoms with Gasteiger partial charge in [0.05, 0.1) is 5.75 Å². The zero-order valence-electron chi connectivity index (χ0n) is 11.3. The first-order chi connectivity index (χ1) is 10.0. The second kappa shape index (κ2) is 7.04. The average Bonchev–Trinajstić information content (AvgIpc) is 3.00. The molecule has 21 heavy (non-hydrogen) atoms. The monoisotopic (exact) mass is 327 g/mol. The second-order valence-corrected chi connectivity index (χ2v) is 7.74. The van der Waals surface area contributed by atoms with Crippen molar-refractivity contribution in [1.29, 1.82) is 0 Å². The van der Waals surface area contributed by atoms with Crippen LogP contribution in [-0.2, 0) is 16.4 Å². The number of sulfone groups is 1. The molecule has 7 heteroatoms. The highest BCUT2D eigenvalue weighted by atomic mass is 32.2. The van der Waals surface area contributed by atoms with Gasteiger partial charge < -0.3 is 15.6 Å². The minimum Gasteiger partial charge on any atom is -0.491 e. The first-order valence-corrected chi connectivity index (χ1v) is 8.90. The Morgan fingerprint density at radius 2 is 2.10 bits per heavy atom. The molecule has 1 aromatic heterocycles. The first-order valence-electron chi connectivity index (χ1n) is 6.37. The minimum atomic E-state index is -3.46. The van der Waals surface area contributed by atoms with Crippen LogP contribution < -0.4 is 10.5 Å². The molecular formula is C14H17NO4S2. The number of rotatable bonds is 7. The number of aliphatic hydroxyl groups excluding tert-OH is 1. The van der Waals surface area contributed by atoms with Gasteiger partial charge in [-0.05, 0) is 29.1 Å². The summed E-state index contributed by atoms with van der Waals surface area (Å²) in [5, 5.41) is 11.5. The van der Waals surface area contributed by atoms with Crippen LogP contribution >= 0.6 is 11.3 Å². The van der Waals surface area contributed by atoms with Gasteiger partial charge in [-0.3, -0.25) is 0 Å². The fourth-order valence-corrected chi connectivity index (χ4v) is 4.24. The molecule has 0 saturated carbocycles. The normalized spacial score (nSPS) is 13.0. The highest BCUT2D eigenvalue weighted by molar-refractivity contribution is 7.93. The summed E-state index contributed by atoms with van der Waals surface area (Å²) >= 11 is 1.14. The van der Waals surface area contributed by atoms with Gasteiger partial charge in [0.25, 0.3) is 0 Å². The number of aliphatic hydroxyl groups is 1. The summed E-state index contributed by atoms with van der Waals surface area (Å²) in [6.07, 6.45) is -1.08. The lowest BCUT2D eigenvalue weighted by molar-refractivity contribution is 0.125. The Bertz CT molecular complexity index is 668. The molecule has 0 bridgehead atoms. The van der Waals surface area contributed by atoms with Crippen molar-refractivity contribution < 1.29 is 18.3 Å². The van der Waals surface area contributed by atoms with Crippen molar-refractivity contribution in [2.24, 2.45) is 5.73 Å². The van der Waals surface area contributed by atoms with Crippen LogP contribution in [0.4, 0.5) is 0 Å². The number of hydrogen-bond donors (Lipinski definition) is 2. The van der Waals surface area contributed by atoms with Gasteiger partial charge in [-0.25, -0.2) is 8.42 Å². The molecule has 3 N–H and O–H groups in total. The Labute approximate surface area is 127 Å². The fraction of sp³-hybridized carbons (Fsp3) is 0.286. The van der Waals surface area contributed by atoms with Gasteiger partial charge in [-0.15, -0.1) is 11.3 Å². The van der Waals surface area contributed by atoms with Crippen molar-refractivity contribution in [2.75, 3.05) is 12.4 Å². The fourth-order valence-electron chi connectivity index (χ4n) is 1.78. The van der Waals surface area contributed by atoms with Crippen molar-refractivity contribution in [3.05, 3.63) is 47.3 Å². The van der Waals surface area contributed by atoms with E-state index in [2.05, 4.69) is 0 Å². The number of nitrogens with two attached hydrogens (primary N) is 1. The Morgan fingerprint density at radius 3 is 2.76 bits per heavy atom. The average molecular weight is 327 g/mol.